The smallest absolute Gasteiger partial charge is 0 e. The quantitative estimate of drug-likeness (QED) is 0.715. The van der Waals surface area contributed by atoms with Gasteiger partial charge in [-0.25, -0.2) is 0 Å². The van der Waals surface area contributed by atoms with Crippen molar-refractivity contribution >= 4 is 26.2 Å². The zero-order valence-corrected chi connectivity index (χ0v) is 7.84. The SMILES string of the molecule is CCNCC.[Bi]. The van der Waals surface area contributed by atoms with Crippen LogP contribution < -0.4 is 5.32 Å². The molecule has 0 aromatic carbocycles. The summed E-state index contributed by atoms with van der Waals surface area (Å²) in [6.07, 6.45) is 0. The average Bonchev–Trinajstić information content (AvgIpc) is 1.41. The Hall–Kier alpha value is 0.843. The fourth-order valence-electron chi connectivity index (χ4n) is 0.250. The number of hydrogen-bond donors (Lipinski definition) is 1. The maximum Gasteiger partial charge on any atom is 0 e. The first-order chi connectivity index (χ1) is 2.41. The second kappa shape index (κ2) is 9.28. The van der Waals surface area contributed by atoms with E-state index in [0.717, 1.165) is 13.1 Å². The van der Waals surface area contributed by atoms with E-state index in [0.29, 0.717) is 0 Å². The topological polar surface area (TPSA) is 12.0 Å². The van der Waals surface area contributed by atoms with Gasteiger partial charge in [0.2, 0.25) is 0 Å². The van der Waals surface area contributed by atoms with Crippen LogP contribution in [0.15, 0.2) is 0 Å². The predicted molar refractivity (Wildman–Crippen MR) is 30.0 cm³/mol. The van der Waals surface area contributed by atoms with E-state index in [-0.39, 0.29) is 26.2 Å². The Balaban J connectivity index is 0. The summed E-state index contributed by atoms with van der Waals surface area (Å²) in [6.45, 7) is 6.39. The molecule has 1 N–H and O–H groups in total. The molecule has 0 unspecified atom stereocenters. The van der Waals surface area contributed by atoms with Crippen LogP contribution in [0.4, 0.5) is 0 Å². The Kier molecular flexibility index (Phi) is 15.4. The molecule has 0 fully saturated rings. The van der Waals surface area contributed by atoms with Gasteiger partial charge in [-0.15, -0.1) is 0 Å². The molecule has 0 heterocycles. The molecule has 6 heavy (non-hydrogen) atoms. The second-order valence-electron chi connectivity index (χ2n) is 0.957. The molecule has 0 aliphatic rings. The van der Waals surface area contributed by atoms with Gasteiger partial charge in [0.25, 0.3) is 0 Å². The first-order valence-corrected chi connectivity index (χ1v) is 2.12. The van der Waals surface area contributed by atoms with E-state index in [9.17, 15) is 0 Å². The van der Waals surface area contributed by atoms with Crippen LogP contribution in [0.2, 0.25) is 0 Å². The van der Waals surface area contributed by atoms with Crippen molar-refractivity contribution in [3.8, 4) is 0 Å². The van der Waals surface area contributed by atoms with E-state index in [2.05, 4.69) is 19.2 Å². The van der Waals surface area contributed by atoms with Gasteiger partial charge < -0.3 is 5.32 Å². The molecule has 0 aliphatic carbocycles. The minimum absolute atomic E-state index is 0. The van der Waals surface area contributed by atoms with Gasteiger partial charge in [-0.2, -0.15) is 0 Å². The summed E-state index contributed by atoms with van der Waals surface area (Å²) in [5.74, 6) is 0. The Labute approximate surface area is 58.6 Å². The molecule has 1 nitrogen and oxygen atoms in total. The largest absolute Gasteiger partial charge is 0.317 e. The molecule has 2 heteroatoms. The van der Waals surface area contributed by atoms with Gasteiger partial charge >= 0.3 is 0 Å². The third kappa shape index (κ3) is 8.85. The molecule has 0 aromatic rings. The zero-order valence-electron chi connectivity index (χ0n) is 4.36. The van der Waals surface area contributed by atoms with Crippen molar-refractivity contribution in [3.63, 3.8) is 0 Å². The van der Waals surface area contributed by atoms with Gasteiger partial charge in [-0.3, -0.25) is 0 Å². The van der Waals surface area contributed by atoms with E-state index < -0.39 is 0 Å². The van der Waals surface area contributed by atoms with Crippen LogP contribution >= 0.6 is 0 Å². The van der Waals surface area contributed by atoms with Crippen LogP contribution in [0.5, 0.6) is 0 Å². The summed E-state index contributed by atoms with van der Waals surface area (Å²) in [5, 5.41) is 3.11. The third-order valence-corrected chi connectivity index (χ3v) is 0.500. The molecule has 0 atom stereocenters. The minimum atomic E-state index is 0. The van der Waals surface area contributed by atoms with E-state index >= 15 is 0 Å². The Morgan fingerprint density at radius 3 is 1.50 bits per heavy atom. The van der Waals surface area contributed by atoms with Crippen LogP contribution in [0.1, 0.15) is 13.8 Å². The number of nitrogens with one attached hydrogen (secondary N) is 1. The van der Waals surface area contributed by atoms with Crippen molar-refractivity contribution in [1.29, 1.82) is 0 Å². The second-order valence-corrected chi connectivity index (χ2v) is 0.957. The van der Waals surface area contributed by atoms with E-state index in [1.165, 1.54) is 0 Å². The minimum Gasteiger partial charge on any atom is -0.317 e. The molecule has 0 saturated carbocycles. The fourth-order valence-corrected chi connectivity index (χ4v) is 0.250. The maximum absolute atomic E-state index is 3.11. The van der Waals surface area contributed by atoms with Crippen molar-refractivity contribution in [2.75, 3.05) is 13.1 Å². The van der Waals surface area contributed by atoms with E-state index in [1.807, 2.05) is 0 Å². The van der Waals surface area contributed by atoms with Crippen LogP contribution in [0.25, 0.3) is 0 Å². The van der Waals surface area contributed by atoms with Gasteiger partial charge in [0.1, 0.15) is 0 Å². The van der Waals surface area contributed by atoms with E-state index in [1.54, 1.807) is 0 Å². The molecular weight excluding hydrogens is 271 g/mol. The van der Waals surface area contributed by atoms with Gasteiger partial charge in [0.15, 0.2) is 0 Å². The maximum atomic E-state index is 3.11. The van der Waals surface area contributed by atoms with Crippen molar-refractivity contribution < 1.29 is 0 Å². The van der Waals surface area contributed by atoms with Gasteiger partial charge in [0, 0.05) is 26.2 Å². The van der Waals surface area contributed by atoms with Crippen LogP contribution in [0.3, 0.4) is 0 Å². The molecule has 0 amide bonds. The molecular formula is C4H11BiN. The van der Waals surface area contributed by atoms with Crippen LogP contribution in [-0.4, -0.2) is 39.3 Å². The summed E-state index contributed by atoms with van der Waals surface area (Å²) >= 11 is 0. The monoisotopic (exact) mass is 282 g/mol. The zero-order chi connectivity index (χ0) is 4.12. The molecule has 0 bridgehead atoms. The first-order valence-electron chi connectivity index (χ1n) is 2.12. The van der Waals surface area contributed by atoms with Crippen molar-refractivity contribution in [1.82, 2.24) is 5.32 Å². The van der Waals surface area contributed by atoms with Crippen LogP contribution in [0, 0.1) is 0 Å². The summed E-state index contributed by atoms with van der Waals surface area (Å²) in [5.41, 5.74) is 0. The van der Waals surface area contributed by atoms with Gasteiger partial charge in [-0.05, 0) is 13.1 Å². The molecule has 37 valence electrons. The summed E-state index contributed by atoms with van der Waals surface area (Å²) < 4.78 is 0. The van der Waals surface area contributed by atoms with Crippen molar-refractivity contribution in [2.24, 2.45) is 0 Å². The summed E-state index contributed by atoms with van der Waals surface area (Å²) in [6, 6.07) is 0. The standard InChI is InChI=1S/C4H11N.Bi/c1-3-5-4-2;/h5H,3-4H2,1-2H3;. The van der Waals surface area contributed by atoms with Crippen molar-refractivity contribution in [3.05, 3.63) is 0 Å². The Morgan fingerprint density at radius 2 is 1.50 bits per heavy atom. The van der Waals surface area contributed by atoms with E-state index in [4.69, 9.17) is 0 Å². The summed E-state index contributed by atoms with van der Waals surface area (Å²) in [4.78, 5) is 0. The Bertz CT molecular complexity index is 15.0. The fraction of sp³-hybridized carbons (Fsp3) is 1.00. The molecule has 0 aliphatic heterocycles. The molecule has 0 saturated heterocycles. The number of rotatable bonds is 2. The Morgan fingerprint density at radius 1 is 1.17 bits per heavy atom. The van der Waals surface area contributed by atoms with Gasteiger partial charge in [0.05, 0.1) is 0 Å². The summed E-state index contributed by atoms with van der Waals surface area (Å²) in [7, 11) is 0. The van der Waals surface area contributed by atoms with Gasteiger partial charge in [-0.1, -0.05) is 13.8 Å². The molecule has 0 aromatic heterocycles. The molecule has 0 rings (SSSR count). The molecule has 3 radical (unpaired) electrons. The van der Waals surface area contributed by atoms with Crippen LogP contribution in [-0.2, 0) is 0 Å². The average molecular weight is 282 g/mol. The third-order valence-electron chi connectivity index (χ3n) is 0.500. The van der Waals surface area contributed by atoms with Crippen molar-refractivity contribution in [2.45, 2.75) is 13.8 Å². The number of hydrogen-bond acceptors (Lipinski definition) is 1. The normalized spacial score (nSPS) is 7.00. The first kappa shape index (κ1) is 9.96. The molecule has 0 spiro atoms. The predicted octanol–water partition coefficient (Wildman–Crippen LogP) is 0.235.